The molecule has 1 amide bonds. The summed E-state index contributed by atoms with van der Waals surface area (Å²) in [7, 11) is 1.58. The Balaban J connectivity index is 1.90. The van der Waals surface area contributed by atoms with E-state index in [1.165, 1.54) is 0 Å². The minimum Gasteiger partial charge on any atom is -0.496 e. The zero-order chi connectivity index (χ0) is 13.7. The molecule has 0 aromatic heterocycles. The molecule has 0 aliphatic carbocycles. The Morgan fingerprint density at radius 3 is 3.00 bits per heavy atom. The number of nitrogens with one attached hydrogen (secondary N) is 1. The van der Waals surface area contributed by atoms with E-state index in [1.807, 2.05) is 0 Å². The Hall–Kier alpha value is -1.11. The molecule has 1 atom stereocenters. The second kappa shape index (κ2) is 6.88. The number of ether oxygens (including phenoxy) is 3. The molecule has 0 saturated carbocycles. The van der Waals surface area contributed by atoms with Crippen LogP contribution in [0.1, 0.15) is 10.4 Å². The first-order chi connectivity index (χ1) is 9.20. The number of hydrogen-bond acceptors (Lipinski definition) is 4. The zero-order valence-electron chi connectivity index (χ0n) is 10.6. The molecular formula is C13H16BrNO4. The average Bonchev–Trinajstić information content (AvgIpc) is 2.45. The van der Waals surface area contributed by atoms with Gasteiger partial charge in [-0.15, -0.1) is 0 Å². The molecule has 1 aliphatic rings. The molecule has 2 rings (SSSR count). The molecule has 1 saturated heterocycles. The summed E-state index contributed by atoms with van der Waals surface area (Å²) < 4.78 is 16.6. The third-order valence-corrected chi connectivity index (χ3v) is 3.41. The summed E-state index contributed by atoms with van der Waals surface area (Å²) >= 11 is 3.35. The van der Waals surface area contributed by atoms with E-state index in [9.17, 15) is 4.79 Å². The molecule has 1 unspecified atom stereocenters. The van der Waals surface area contributed by atoms with Crippen LogP contribution in [0.4, 0.5) is 0 Å². The molecule has 1 aromatic carbocycles. The third-order valence-electron chi connectivity index (χ3n) is 2.79. The maximum Gasteiger partial charge on any atom is 0.251 e. The van der Waals surface area contributed by atoms with Crippen molar-refractivity contribution in [3.63, 3.8) is 0 Å². The van der Waals surface area contributed by atoms with Crippen LogP contribution in [0.2, 0.25) is 0 Å². The predicted molar refractivity (Wildman–Crippen MR) is 73.6 cm³/mol. The number of benzene rings is 1. The highest BCUT2D eigenvalue weighted by Crippen LogP contribution is 2.25. The van der Waals surface area contributed by atoms with E-state index in [-0.39, 0.29) is 12.0 Å². The van der Waals surface area contributed by atoms with Crippen LogP contribution >= 0.6 is 15.9 Å². The van der Waals surface area contributed by atoms with Gasteiger partial charge in [0.05, 0.1) is 37.5 Å². The molecule has 1 aromatic rings. The average molecular weight is 330 g/mol. The number of hydrogen-bond donors (Lipinski definition) is 1. The summed E-state index contributed by atoms with van der Waals surface area (Å²) in [6, 6.07) is 5.20. The minimum atomic E-state index is -0.141. The lowest BCUT2D eigenvalue weighted by atomic mass is 10.2. The molecule has 1 heterocycles. The van der Waals surface area contributed by atoms with Crippen LogP contribution in [0, 0.1) is 0 Å². The molecule has 5 nitrogen and oxygen atoms in total. The quantitative estimate of drug-likeness (QED) is 0.911. The van der Waals surface area contributed by atoms with E-state index in [4.69, 9.17) is 14.2 Å². The maximum atomic E-state index is 12.0. The monoisotopic (exact) mass is 329 g/mol. The van der Waals surface area contributed by atoms with Crippen LogP contribution in [-0.4, -0.2) is 45.5 Å². The number of rotatable bonds is 4. The van der Waals surface area contributed by atoms with Gasteiger partial charge in [0.25, 0.3) is 5.91 Å². The highest BCUT2D eigenvalue weighted by molar-refractivity contribution is 9.10. The third kappa shape index (κ3) is 3.92. The number of halogens is 1. The molecule has 19 heavy (non-hydrogen) atoms. The van der Waals surface area contributed by atoms with Gasteiger partial charge in [-0.3, -0.25) is 4.79 Å². The Bertz CT molecular complexity index is 446. The van der Waals surface area contributed by atoms with E-state index < -0.39 is 0 Å². The van der Waals surface area contributed by atoms with Crippen LogP contribution in [0.15, 0.2) is 22.7 Å². The fourth-order valence-electron chi connectivity index (χ4n) is 1.77. The van der Waals surface area contributed by atoms with Gasteiger partial charge in [0.2, 0.25) is 0 Å². The molecule has 0 radical (unpaired) electrons. The summed E-state index contributed by atoms with van der Waals surface area (Å²) in [4.78, 5) is 12.0. The Morgan fingerprint density at radius 2 is 2.37 bits per heavy atom. The minimum absolute atomic E-state index is 0.0700. The van der Waals surface area contributed by atoms with E-state index in [1.54, 1.807) is 25.3 Å². The number of methoxy groups -OCH3 is 1. The van der Waals surface area contributed by atoms with Gasteiger partial charge in [-0.05, 0) is 34.1 Å². The van der Waals surface area contributed by atoms with Gasteiger partial charge in [-0.25, -0.2) is 0 Å². The van der Waals surface area contributed by atoms with Crippen LogP contribution in [0.5, 0.6) is 5.75 Å². The molecule has 0 spiro atoms. The fraction of sp³-hybridized carbons (Fsp3) is 0.462. The standard InChI is InChI=1S/C13H16BrNO4/c1-17-12-3-2-9(6-11(12)14)13(16)15-7-10-8-18-4-5-19-10/h2-3,6,10H,4-5,7-8H2,1H3,(H,15,16). The first-order valence-electron chi connectivity index (χ1n) is 6.02. The number of amides is 1. The van der Waals surface area contributed by atoms with Crippen LogP contribution in [-0.2, 0) is 9.47 Å². The van der Waals surface area contributed by atoms with Crippen molar-refractivity contribution in [2.75, 3.05) is 33.5 Å². The van der Waals surface area contributed by atoms with Gasteiger partial charge < -0.3 is 19.5 Å². The normalized spacial score (nSPS) is 18.9. The smallest absolute Gasteiger partial charge is 0.251 e. The van der Waals surface area contributed by atoms with Crippen LogP contribution in [0.3, 0.4) is 0 Å². The van der Waals surface area contributed by atoms with E-state index >= 15 is 0 Å². The van der Waals surface area contributed by atoms with Crippen LogP contribution in [0.25, 0.3) is 0 Å². The molecule has 6 heteroatoms. The largest absolute Gasteiger partial charge is 0.496 e. The first kappa shape index (κ1) is 14.3. The Morgan fingerprint density at radius 1 is 1.53 bits per heavy atom. The molecule has 1 N–H and O–H groups in total. The van der Waals surface area contributed by atoms with Crippen molar-refractivity contribution in [1.29, 1.82) is 0 Å². The molecule has 1 aliphatic heterocycles. The Labute approximate surface area is 120 Å². The number of carbonyl (C=O) groups is 1. The summed E-state index contributed by atoms with van der Waals surface area (Å²) in [6.07, 6.45) is -0.0700. The zero-order valence-corrected chi connectivity index (χ0v) is 12.2. The lowest BCUT2D eigenvalue weighted by Crippen LogP contribution is -2.39. The first-order valence-corrected chi connectivity index (χ1v) is 6.81. The van der Waals surface area contributed by atoms with E-state index in [2.05, 4.69) is 21.2 Å². The lowest BCUT2D eigenvalue weighted by Gasteiger charge is -2.23. The second-order valence-electron chi connectivity index (χ2n) is 4.13. The van der Waals surface area contributed by atoms with Crippen molar-refractivity contribution in [2.45, 2.75) is 6.10 Å². The molecular weight excluding hydrogens is 314 g/mol. The van der Waals surface area contributed by atoms with Gasteiger partial charge >= 0.3 is 0 Å². The van der Waals surface area contributed by atoms with Gasteiger partial charge in [-0.2, -0.15) is 0 Å². The molecule has 0 bridgehead atoms. The number of carbonyl (C=O) groups excluding carboxylic acids is 1. The highest BCUT2D eigenvalue weighted by Gasteiger charge is 2.16. The summed E-state index contributed by atoms with van der Waals surface area (Å²) in [6.45, 7) is 2.17. The predicted octanol–water partition coefficient (Wildman–Crippen LogP) is 1.60. The van der Waals surface area contributed by atoms with Gasteiger partial charge in [0.15, 0.2) is 0 Å². The fourth-order valence-corrected chi connectivity index (χ4v) is 2.31. The summed E-state index contributed by atoms with van der Waals surface area (Å²) in [5.41, 5.74) is 0.574. The summed E-state index contributed by atoms with van der Waals surface area (Å²) in [5, 5.41) is 2.83. The Kier molecular flexibility index (Phi) is 5.18. The van der Waals surface area contributed by atoms with E-state index in [0.29, 0.717) is 37.7 Å². The van der Waals surface area contributed by atoms with Gasteiger partial charge in [0.1, 0.15) is 5.75 Å². The summed E-state index contributed by atoms with van der Waals surface area (Å²) in [5.74, 6) is 0.554. The van der Waals surface area contributed by atoms with Gasteiger partial charge in [0, 0.05) is 12.1 Å². The van der Waals surface area contributed by atoms with Gasteiger partial charge in [-0.1, -0.05) is 0 Å². The van der Waals surface area contributed by atoms with Crippen molar-refractivity contribution in [2.24, 2.45) is 0 Å². The van der Waals surface area contributed by atoms with Crippen molar-refractivity contribution in [3.05, 3.63) is 28.2 Å². The topological polar surface area (TPSA) is 56.8 Å². The molecule has 104 valence electrons. The SMILES string of the molecule is COc1ccc(C(=O)NCC2COCCO2)cc1Br. The van der Waals surface area contributed by atoms with Crippen molar-refractivity contribution in [1.82, 2.24) is 5.32 Å². The van der Waals surface area contributed by atoms with Crippen molar-refractivity contribution < 1.29 is 19.0 Å². The second-order valence-corrected chi connectivity index (χ2v) is 4.98. The molecule has 1 fully saturated rings. The lowest BCUT2D eigenvalue weighted by molar-refractivity contribution is -0.0855. The van der Waals surface area contributed by atoms with Crippen molar-refractivity contribution in [3.8, 4) is 5.75 Å². The highest BCUT2D eigenvalue weighted by atomic mass is 79.9. The van der Waals surface area contributed by atoms with E-state index in [0.717, 1.165) is 4.47 Å². The maximum absolute atomic E-state index is 12.0. The van der Waals surface area contributed by atoms with Crippen LogP contribution < -0.4 is 10.1 Å². The van der Waals surface area contributed by atoms with Crippen molar-refractivity contribution >= 4 is 21.8 Å².